The van der Waals surface area contributed by atoms with Gasteiger partial charge in [-0.25, -0.2) is 29.9 Å². The normalized spacial score (nSPS) is 17.8. The summed E-state index contributed by atoms with van der Waals surface area (Å²) in [4.78, 5) is 38.9. The molecular formula is C40H38N8. The second-order valence-corrected chi connectivity index (χ2v) is 15.5. The van der Waals surface area contributed by atoms with E-state index < -0.39 is 21.7 Å². The van der Waals surface area contributed by atoms with Crippen molar-refractivity contribution in [3.63, 3.8) is 0 Å². The molecule has 2 aliphatic rings. The molecule has 9 rings (SSSR count). The van der Waals surface area contributed by atoms with Crippen LogP contribution in [0.2, 0.25) is 0 Å². The van der Waals surface area contributed by atoms with Gasteiger partial charge in [-0.15, -0.1) is 0 Å². The molecule has 238 valence electrons. The molecule has 0 fully saturated rings. The van der Waals surface area contributed by atoms with Crippen LogP contribution in [0.5, 0.6) is 0 Å². The molecule has 0 amide bonds. The first-order valence-electron chi connectivity index (χ1n) is 16.7. The van der Waals surface area contributed by atoms with Crippen molar-refractivity contribution >= 4 is 65.7 Å². The Morgan fingerprint density at radius 1 is 0.354 bits per heavy atom. The highest BCUT2D eigenvalue weighted by Crippen LogP contribution is 2.48. The van der Waals surface area contributed by atoms with Crippen molar-refractivity contribution in [3.05, 3.63) is 96.1 Å². The number of hydrogen-bond acceptors (Lipinski definition) is 6. The molecule has 8 heteroatoms. The molecule has 7 aromatic rings. The topological polar surface area (TPSA) is 109 Å². The van der Waals surface area contributed by atoms with Gasteiger partial charge in [-0.05, 0) is 33.7 Å². The van der Waals surface area contributed by atoms with Crippen molar-refractivity contribution in [3.8, 4) is 0 Å². The van der Waals surface area contributed by atoms with E-state index in [1.54, 1.807) is 0 Å². The van der Waals surface area contributed by atoms with Crippen molar-refractivity contribution < 1.29 is 0 Å². The molecule has 4 aromatic carbocycles. The summed E-state index contributed by atoms with van der Waals surface area (Å²) in [7, 11) is 0. The maximum Gasteiger partial charge on any atom is 0.142 e. The van der Waals surface area contributed by atoms with Gasteiger partial charge >= 0.3 is 0 Å². The molecule has 0 spiro atoms. The molecule has 3 aromatic heterocycles. The molecule has 8 bridgehead atoms. The number of aromatic amines is 2. The van der Waals surface area contributed by atoms with Crippen molar-refractivity contribution in [1.82, 2.24) is 39.9 Å². The van der Waals surface area contributed by atoms with Crippen molar-refractivity contribution in [2.24, 2.45) is 0 Å². The lowest BCUT2D eigenvalue weighted by atomic mass is 9.68. The van der Waals surface area contributed by atoms with Crippen molar-refractivity contribution in [1.29, 1.82) is 0 Å². The Morgan fingerprint density at radius 3 is 1.10 bits per heavy atom. The first-order valence-corrected chi connectivity index (χ1v) is 16.7. The fraction of sp³-hybridized carbons (Fsp3) is 0.300. The molecule has 0 unspecified atom stereocenters. The minimum atomic E-state index is -0.417. The molecule has 2 N–H and O–H groups in total. The maximum atomic E-state index is 5.33. The number of aromatic nitrogens is 8. The van der Waals surface area contributed by atoms with E-state index in [4.69, 9.17) is 29.9 Å². The molecule has 0 saturated carbocycles. The fourth-order valence-corrected chi connectivity index (χ4v) is 7.24. The van der Waals surface area contributed by atoms with E-state index in [0.29, 0.717) is 0 Å². The molecular weight excluding hydrogens is 592 g/mol. The van der Waals surface area contributed by atoms with Crippen molar-refractivity contribution in [2.45, 2.75) is 77.0 Å². The van der Waals surface area contributed by atoms with E-state index in [0.717, 1.165) is 89.0 Å². The number of nitrogens with one attached hydrogen (secondary N) is 2. The average molecular weight is 631 g/mol. The first-order chi connectivity index (χ1) is 22.8. The zero-order valence-corrected chi connectivity index (χ0v) is 28.6. The zero-order chi connectivity index (χ0) is 33.4. The van der Waals surface area contributed by atoms with Crippen LogP contribution in [0.15, 0.2) is 72.8 Å². The first kappa shape index (κ1) is 28.9. The van der Waals surface area contributed by atoms with Gasteiger partial charge in [0.05, 0.1) is 0 Å². The van der Waals surface area contributed by atoms with Crippen LogP contribution in [0.3, 0.4) is 0 Å². The van der Waals surface area contributed by atoms with Crippen LogP contribution in [0, 0.1) is 0 Å². The second kappa shape index (κ2) is 9.22. The van der Waals surface area contributed by atoms with Crippen LogP contribution in [0.4, 0.5) is 0 Å². The van der Waals surface area contributed by atoms with E-state index in [2.05, 4.69) is 138 Å². The minimum Gasteiger partial charge on any atom is -0.324 e. The average Bonchev–Trinajstić information content (AvgIpc) is 3.68. The third kappa shape index (κ3) is 3.66. The summed E-state index contributed by atoms with van der Waals surface area (Å²) in [6.07, 6.45) is 0. The van der Waals surface area contributed by atoms with E-state index in [9.17, 15) is 0 Å². The predicted octanol–water partition coefficient (Wildman–Crippen LogP) is 9.02. The standard InChI is InChI=1S/C40H38N8/c1-37(2)33-44-31-27-23-15-11-9-13-21(23)17-19-25(27)29(42-31)41-30-26-20-18-22-14-10-12-16-24(22)28(26)32(43-30)45-34-38(3,4)40(7,8)36(47-34)48-35(46-33)39(37,5)6/h9-20H,1-8H3,(H2,41,42,43,44,45,46,47,48). The van der Waals surface area contributed by atoms with Crippen LogP contribution in [-0.2, 0) is 21.7 Å². The summed E-state index contributed by atoms with van der Waals surface area (Å²) < 4.78 is 0. The van der Waals surface area contributed by atoms with Crippen LogP contribution in [-0.4, -0.2) is 39.9 Å². The Morgan fingerprint density at radius 2 is 0.708 bits per heavy atom. The molecule has 8 nitrogen and oxygen atoms in total. The number of benzene rings is 4. The van der Waals surface area contributed by atoms with Gasteiger partial charge in [-0.3, -0.25) is 0 Å². The largest absolute Gasteiger partial charge is 0.324 e. The molecule has 48 heavy (non-hydrogen) atoms. The van der Waals surface area contributed by atoms with Gasteiger partial charge in [0, 0.05) is 43.2 Å². The predicted molar refractivity (Wildman–Crippen MR) is 194 cm³/mol. The summed E-state index contributed by atoms with van der Waals surface area (Å²) in [5.74, 6) is 2.91. The summed E-state index contributed by atoms with van der Waals surface area (Å²) in [6.45, 7) is 17.6. The van der Waals surface area contributed by atoms with Gasteiger partial charge in [0.1, 0.15) is 45.9 Å². The second-order valence-electron chi connectivity index (χ2n) is 15.5. The summed E-state index contributed by atoms with van der Waals surface area (Å²) in [5, 5.41) is 8.52. The SMILES string of the molecule is CC1(C)c2nc3nc(nc4[nH]c(nc5[nH]c(nc(n2)C1(C)C)c1c2ccccc2ccc51)c1ccc2ccccc2c41)C(C)(C)C3(C)C. The van der Waals surface area contributed by atoms with Crippen LogP contribution in [0.1, 0.15) is 78.7 Å². The lowest BCUT2D eigenvalue weighted by Gasteiger charge is -2.34. The number of H-pyrrole nitrogens is 2. The maximum absolute atomic E-state index is 5.33. The highest BCUT2D eigenvalue weighted by atomic mass is 15.1. The Bertz CT molecular complexity index is 2510. The highest BCUT2D eigenvalue weighted by molar-refractivity contribution is 6.21. The number of hydrogen-bond donors (Lipinski definition) is 2. The number of rotatable bonds is 0. The zero-order valence-electron chi connectivity index (χ0n) is 28.6. The molecule has 2 aliphatic heterocycles. The third-order valence-corrected chi connectivity index (χ3v) is 12.0. The van der Waals surface area contributed by atoms with Gasteiger partial charge in [0.15, 0.2) is 0 Å². The molecule has 0 aliphatic carbocycles. The lowest BCUT2D eigenvalue weighted by Crippen LogP contribution is -2.39. The summed E-state index contributed by atoms with van der Waals surface area (Å²) >= 11 is 0. The Balaban J connectivity index is 1.55. The van der Waals surface area contributed by atoms with E-state index >= 15 is 0 Å². The van der Waals surface area contributed by atoms with Gasteiger partial charge in [0.2, 0.25) is 0 Å². The van der Waals surface area contributed by atoms with Crippen LogP contribution < -0.4 is 0 Å². The van der Waals surface area contributed by atoms with E-state index in [-0.39, 0.29) is 0 Å². The Labute approximate surface area is 278 Å². The number of fused-ring (bicyclic) bond motifs is 18. The van der Waals surface area contributed by atoms with Crippen molar-refractivity contribution in [2.75, 3.05) is 0 Å². The Hall–Kier alpha value is -5.24. The highest BCUT2D eigenvalue weighted by Gasteiger charge is 2.52. The fourth-order valence-electron chi connectivity index (χ4n) is 7.24. The van der Waals surface area contributed by atoms with E-state index in [1.807, 2.05) is 0 Å². The quantitative estimate of drug-likeness (QED) is 0.173. The molecule has 0 radical (unpaired) electrons. The van der Waals surface area contributed by atoms with Gasteiger partial charge < -0.3 is 9.97 Å². The minimum absolute atomic E-state index is 0.414. The smallest absolute Gasteiger partial charge is 0.142 e. The molecule has 5 heterocycles. The third-order valence-electron chi connectivity index (χ3n) is 12.0. The monoisotopic (exact) mass is 630 g/mol. The van der Waals surface area contributed by atoms with Gasteiger partial charge in [-0.1, -0.05) is 116 Å². The summed E-state index contributed by atoms with van der Waals surface area (Å²) in [5.41, 5.74) is 1.26. The number of nitrogens with zero attached hydrogens (tertiary/aromatic N) is 6. The molecule has 0 saturated heterocycles. The van der Waals surface area contributed by atoms with Gasteiger partial charge in [0.25, 0.3) is 0 Å². The van der Waals surface area contributed by atoms with Crippen LogP contribution in [0.25, 0.3) is 65.7 Å². The van der Waals surface area contributed by atoms with Gasteiger partial charge in [-0.2, -0.15) is 0 Å². The molecule has 0 atom stereocenters. The van der Waals surface area contributed by atoms with Crippen LogP contribution >= 0.6 is 0 Å². The van der Waals surface area contributed by atoms with E-state index in [1.165, 1.54) is 0 Å². The lowest BCUT2D eigenvalue weighted by molar-refractivity contribution is 0.295. The summed E-state index contributed by atoms with van der Waals surface area (Å²) in [6, 6.07) is 25.4. The Kier molecular flexibility index (Phi) is 5.56.